The van der Waals surface area contributed by atoms with Gasteiger partial charge in [-0.25, -0.2) is 9.59 Å². The highest BCUT2D eigenvalue weighted by molar-refractivity contribution is 5.90. The lowest BCUT2D eigenvalue weighted by atomic mass is 10.1. The fourth-order valence-corrected chi connectivity index (χ4v) is 1.63. The summed E-state index contributed by atoms with van der Waals surface area (Å²) < 4.78 is 14.8. The maximum Gasteiger partial charge on any atom is 0.412 e. The van der Waals surface area contributed by atoms with Gasteiger partial charge in [-0.3, -0.25) is 10.1 Å². The van der Waals surface area contributed by atoms with E-state index >= 15 is 0 Å². The molecule has 0 radical (unpaired) electrons. The second-order valence-corrected chi connectivity index (χ2v) is 5.83. The zero-order valence-electron chi connectivity index (χ0n) is 14.3. The molecule has 7 heteroatoms. The lowest BCUT2D eigenvalue weighted by Crippen LogP contribution is -2.27. The second kappa shape index (κ2) is 8.14. The van der Waals surface area contributed by atoms with Gasteiger partial charge in [0.15, 0.2) is 5.75 Å². The quantitative estimate of drug-likeness (QED) is 0.516. The van der Waals surface area contributed by atoms with E-state index in [0.29, 0.717) is 5.56 Å². The summed E-state index contributed by atoms with van der Waals surface area (Å²) in [7, 11) is 1.27. The summed E-state index contributed by atoms with van der Waals surface area (Å²) in [4.78, 5) is 34.2. The molecule has 1 amide bonds. The fourth-order valence-electron chi connectivity index (χ4n) is 1.63. The molecule has 0 spiro atoms. The van der Waals surface area contributed by atoms with E-state index in [4.69, 9.17) is 9.47 Å². The van der Waals surface area contributed by atoms with Gasteiger partial charge in [0.05, 0.1) is 12.8 Å². The molecule has 7 nitrogen and oxygen atoms in total. The molecule has 1 aromatic rings. The second-order valence-electron chi connectivity index (χ2n) is 5.83. The number of methoxy groups -OCH3 is 1. The lowest BCUT2D eigenvalue weighted by molar-refractivity contribution is -0.135. The van der Waals surface area contributed by atoms with Crippen molar-refractivity contribution in [1.82, 2.24) is 0 Å². The summed E-state index contributed by atoms with van der Waals surface area (Å²) in [6.45, 7) is 6.45. The number of hydrogen-bond acceptors (Lipinski definition) is 6. The van der Waals surface area contributed by atoms with E-state index in [2.05, 4.69) is 10.1 Å². The molecule has 0 fully saturated rings. The Kier molecular flexibility index (Phi) is 6.52. The van der Waals surface area contributed by atoms with E-state index in [-0.39, 0.29) is 11.4 Å². The third-order valence-corrected chi connectivity index (χ3v) is 2.51. The Morgan fingerprint density at radius 3 is 2.38 bits per heavy atom. The van der Waals surface area contributed by atoms with Gasteiger partial charge in [-0.05, 0) is 44.5 Å². The van der Waals surface area contributed by atoms with Crippen molar-refractivity contribution in [1.29, 1.82) is 0 Å². The molecule has 0 saturated carbocycles. The molecule has 0 aromatic heterocycles. The van der Waals surface area contributed by atoms with Crippen LogP contribution < -0.4 is 10.1 Å². The first-order valence-electron chi connectivity index (χ1n) is 7.19. The summed E-state index contributed by atoms with van der Waals surface area (Å²) in [5.74, 6) is -0.920. The molecule has 0 aliphatic heterocycles. The summed E-state index contributed by atoms with van der Waals surface area (Å²) >= 11 is 0. The number of rotatable bonds is 4. The maximum absolute atomic E-state index is 11.9. The Labute approximate surface area is 140 Å². The van der Waals surface area contributed by atoms with Crippen LogP contribution in [-0.4, -0.2) is 30.7 Å². The smallest absolute Gasteiger partial charge is 0.412 e. The van der Waals surface area contributed by atoms with Gasteiger partial charge in [0.2, 0.25) is 0 Å². The minimum Gasteiger partial charge on any atom is -0.466 e. The molecule has 0 heterocycles. The van der Waals surface area contributed by atoms with Gasteiger partial charge < -0.3 is 14.2 Å². The van der Waals surface area contributed by atoms with E-state index in [0.717, 1.165) is 0 Å². The van der Waals surface area contributed by atoms with Gasteiger partial charge in [0.25, 0.3) is 0 Å². The average molecular weight is 335 g/mol. The maximum atomic E-state index is 11.9. The van der Waals surface area contributed by atoms with Gasteiger partial charge in [-0.1, -0.05) is 6.07 Å². The van der Waals surface area contributed by atoms with E-state index < -0.39 is 23.6 Å². The molecule has 130 valence electrons. The summed E-state index contributed by atoms with van der Waals surface area (Å²) in [5.41, 5.74) is 0.204. The lowest BCUT2D eigenvalue weighted by Gasteiger charge is -2.20. The van der Waals surface area contributed by atoms with E-state index in [1.54, 1.807) is 32.9 Å². The van der Waals surface area contributed by atoms with Crippen molar-refractivity contribution >= 4 is 29.8 Å². The Morgan fingerprint density at radius 2 is 1.83 bits per heavy atom. The van der Waals surface area contributed by atoms with Crippen LogP contribution >= 0.6 is 0 Å². The minimum absolute atomic E-state index is 0.139. The van der Waals surface area contributed by atoms with Crippen molar-refractivity contribution in [2.24, 2.45) is 0 Å². The number of ether oxygens (including phenoxy) is 3. The van der Waals surface area contributed by atoms with Crippen LogP contribution in [0.1, 0.15) is 33.3 Å². The Bertz CT molecular complexity index is 658. The predicted octanol–water partition coefficient (Wildman–Crippen LogP) is 3.15. The molecule has 0 bridgehead atoms. The summed E-state index contributed by atoms with van der Waals surface area (Å²) in [6, 6.07) is 4.69. The molecule has 0 aliphatic carbocycles. The highest BCUT2D eigenvalue weighted by Gasteiger charge is 2.18. The predicted molar refractivity (Wildman–Crippen MR) is 88.7 cm³/mol. The third kappa shape index (κ3) is 6.95. The Hall–Kier alpha value is -2.83. The number of nitrogens with one attached hydrogen (secondary N) is 1. The highest BCUT2D eigenvalue weighted by Crippen LogP contribution is 2.27. The number of amides is 1. The van der Waals surface area contributed by atoms with Crippen LogP contribution in [0.15, 0.2) is 24.3 Å². The van der Waals surface area contributed by atoms with Crippen LogP contribution in [0.4, 0.5) is 10.5 Å². The summed E-state index contributed by atoms with van der Waals surface area (Å²) in [6.07, 6.45) is 2.05. The van der Waals surface area contributed by atoms with Crippen LogP contribution in [0.2, 0.25) is 0 Å². The van der Waals surface area contributed by atoms with Crippen molar-refractivity contribution in [2.45, 2.75) is 33.3 Å². The summed E-state index contributed by atoms with van der Waals surface area (Å²) in [5, 5.41) is 2.52. The molecular weight excluding hydrogens is 314 g/mol. The molecule has 1 aromatic carbocycles. The molecule has 24 heavy (non-hydrogen) atoms. The van der Waals surface area contributed by atoms with Crippen molar-refractivity contribution in [3.05, 3.63) is 29.8 Å². The number of hydrogen-bond donors (Lipinski definition) is 1. The fraction of sp³-hybridized carbons (Fsp3) is 0.353. The molecule has 1 N–H and O–H groups in total. The molecule has 0 saturated heterocycles. The topological polar surface area (TPSA) is 90.9 Å². The largest absolute Gasteiger partial charge is 0.466 e. The van der Waals surface area contributed by atoms with Gasteiger partial charge in [-0.2, -0.15) is 0 Å². The molecule has 0 aliphatic rings. The van der Waals surface area contributed by atoms with Gasteiger partial charge in [-0.15, -0.1) is 0 Å². The molecule has 0 unspecified atom stereocenters. The Balaban J connectivity index is 3.03. The van der Waals surface area contributed by atoms with E-state index in [9.17, 15) is 14.4 Å². The number of esters is 2. The minimum atomic E-state index is -0.672. The standard InChI is InChI=1S/C17H21NO6/c1-11(19)23-14-10-12(7-9-15(20)22-5)6-8-13(14)18-16(21)24-17(2,3)4/h6-10H,1-5H3,(H,18,21)/b9-7+. The van der Waals surface area contributed by atoms with Gasteiger partial charge >= 0.3 is 18.0 Å². The average Bonchev–Trinajstić information content (AvgIpc) is 2.44. The SMILES string of the molecule is COC(=O)/C=C/c1ccc(NC(=O)OC(C)(C)C)c(OC(C)=O)c1. The first-order valence-corrected chi connectivity index (χ1v) is 7.19. The first-order chi connectivity index (χ1) is 11.1. The molecule has 1 rings (SSSR count). The van der Waals surface area contributed by atoms with Crippen LogP contribution in [0.5, 0.6) is 5.75 Å². The first kappa shape index (κ1) is 19.2. The third-order valence-electron chi connectivity index (χ3n) is 2.51. The normalized spacial score (nSPS) is 11.0. The number of carbonyl (C=O) groups is 3. The van der Waals surface area contributed by atoms with Crippen molar-refractivity contribution in [3.8, 4) is 5.75 Å². The van der Waals surface area contributed by atoms with Crippen molar-refractivity contribution < 1.29 is 28.6 Å². The van der Waals surface area contributed by atoms with Crippen LogP contribution in [0, 0.1) is 0 Å². The highest BCUT2D eigenvalue weighted by atomic mass is 16.6. The van der Waals surface area contributed by atoms with E-state index in [1.165, 1.54) is 32.3 Å². The van der Waals surface area contributed by atoms with E-state index in [1.807, 2.05) is 0 Å². The Morgan fingerprint density at radius 1 is 1.17 bits per heavy atom. The van der Waals surface area contributed by atoms with Gasteiger partial charge in [0, 0.05) is 13.0 Å². The monoisotopic (exact) mass is 335 g/mol. The van der Waals surface area contributed by atoms with Crippen LogP contribution in [0.25, 0.3) is 6.08 Å². The zero-order valence-corrected chi connectivity index (χ0v) is 14.3. The zero-order chi connectivity index (χ0) is 18.3. The number of anilines is 1. The molecular formula is C17H21NO6. The van der Waals surface area contributed by atoms with Crippen molar-refractivity contribution in [3.63, 3.8) is 0 Å². The van der Waals surface area contributed by atoms with Crippen molar-refractivity contribution in [2.75, 3.05) is 12.4 Å². The van der Waals surface area contributed by atoms with Crippen LogP contribution in [0.3, 0.4) is 0 Å². The van der Waals surface area contributed by atoms with Gasteiger partial charge in [0.1, 0.15) is 5.60 Å². The molecule has 0 atom stereocenters. The number of carbonyl (C=O) groups excluding carboxylic acids is 3. The van der Waals surface area contributed by atoms with Crippen LogP contribution in [-0.2, 0) is 19.1 Å². The number of benzene rings is 1.